The number of halogens is 1. The smallest absolute Gasteiger partial charge is 0.262 e. The first kappa shape index (κ1) is 18.6. The van der Waals surface area contributed by atoms with Crippen LogP contribution >= 0.6 is 0 Å². The summed E-state index contributed by atoms with van der Waals surface area (Å²) in [5, 5.41) is 3.44. The monoisotopic (exact) mass is 400 g/mol. The van der Waals surface area contributed by atoms with Gasteiger partial charge in [-0.2, -0.15) is 4.31 Å². The number of imidazole rings is 1. The van der Waals surface area contributed by atoms with Gasteiger partial charge >= 0.3 is 0 Å². The van der Waals surface area contributed by atoms with Gasteiger partial charge in [-0.1, -0.05) is 30.3 Å². The molecule has 1 N–H and O–H groups in total. The van der Waals surface area contributed by atoms with Crippen LogP contribution in [0.15, 0.2) is 72.1 Å². The third-order valence-corrected chi connectivity index (χ3v) is 6.69. The van der Waals surface area contributed by atoms with Gasteiger partial charge in [0.1, 0.15) is 5.82 Å². The molecule has 0 radical (unpaired) electrons. The van der Waals surface area contributed by atoms with Crippen molar-refractivity contribution in [1.29, 1.82) is 0 Å². The van der Waals surface area contributed by atoms with Gasteiger partial charge in [0.2, 0.25) is 0 Å². The molecule has 4 rings (SSSR count). The fourth-order valence-electron chi connectivity index (χ4n) is 3.59. The number of aryl methyl sites for hydroxylation is 1. The van der Waals surface area contributed by atoms with Gasteiger partial charge in [0.05, 0.1) is 6.33 Å². The Hall–Kier alpha value is -2.71. The van der Waals surface area contributed by atoms with Crippen molar-refractivity contribution in [3.05, 3.63) is 78.5 Å². The summed E-state index contributed by atoms with van der Waals surface area (Å²) < 4.78 is 42.9. The fraction of sp³-hybridized carbons (Fsp3) is 0.250. The Morgan fingerprint density at radius 2 is 1.89 bits per heavy atom. The van der Waals surface area contributed by atoms with Crippen molar-refractivity contribution in [1.82, 2.24) is 13.9 Å². The number of para-hydroxylation sites is 1. The third-order valence-electron chi connectivity index (χ3n) is 4.97. The number of hydrogen-bond acceptors (Lipinski definition) is 4. The molecule has 1 aliphatic heterocycles. The van der Waals surface area contributed by atoms with Gasteiger partial charge in [0.15, 0.2) is 5.03 Å². The molecule has 2 heterocycles. The third kappa shape index (κ3) is 3.65. The standard InChI is InChI=1S/C20H21FN4O2S/c1-24-13-20(22-14-24)28(26,27)25-11-18(15-6-5-7-16(21)10-15)19(12-25)23-17-8-3-2-4-9-17/h2-10,13-14,18-19,23H,11-12H2,1H3. The Balaban J connectivity index is 1.66. The number of nitrogens with zero attached hydrogens (tertiary/aromatic N) is 3. The Morgan fingerprint density at radius 1 is 1.11 bits per heavy atom. The fourth-order valence-corrected chi connectivity index (χ4v) is 5.05. The molecule has 1 saturated heterocycles. The Bertz CT molecular complexity index is 1070. The molecule has 3 aromatic rings. The van der Waals surface area contributed by atoms with Crippen LogP contribution in [0.1, 0.15) is 11.5 Å². The van der Waals surface area contributed by atoms with Gasteiger partial charge in [0, 0.05) is 44.0 Å². The highest BCUT2D eigenvalue weighted by molar-refractivity contribution is 7.89. The predicted molar refractivity (Wildman–Crippen MR) is 105 cm³/mol. The van der Waals surface area contributed by atoms with Crippen molar-refractivity contribution in [2.45, 2.75) is 17.0 Å². The molecule has 8 heteroatoms. The molecule has 0 saturated carbocycles. The summed E-state index contributed by atoms with van der Waals surface area (Å²) in [5.41, 5.74) is 1.66. The van der Waals surface area contributed by atoms with E-state index in [1.165, 1.54) is 29.0 Å². The quantitative estimate of drug-likeness (QED) is 0.715. The van der Waals surface area contributed by atoms with Crippen LogP contribution in [-0.2, 0) is 17.1 Å². The highest BCUT2D eigenvalue weighted by atomic mass is 32.2. The highest BCUT2D eigenvalue weighted by Gasteiger charge is 2.41. The number of aromatic nitrogens is 2. The van der Waals surface area contributed by atoms with E-state index in [9.17, 15) is 12.8 Å². The van der Waals surface area contributed by atoms with Crippen LogP contribution in [0.2, 0.25) is 0 Å². The van der Waals surface area contributed by atoms with Crippen LogP contribution in [0.4, 0.5) is 10.1 Å². The molecule has 0 bridgehead atoms. The maximum Gasteiger partial charge on any atom is 0.262 e. The van der Waals surface area contributed by atoms with Gasteiger partial charge < -0.3 is 9.88 Å². The lowest BCUT2D eigenvalue weighted by Gasteiger charge is -2.21. The predicted octanol–water partition coefficient (Wildman–Crippen LogP) is 2.83. The van der Waals surface area contributed by atoms with Crippen LogP contribution in [0.3, 0.4) is 0 Å². The molecule has 146 valence electrons. The largest absolute Gasteiger partial charge is 0.380 e. The zero-order chi connectivity index (χ0) is 19.7. The summed E-state index contributed by atoms with van der Waals surface area (Å²) in [6, 6.07) is 15.8. The first-order chi connectivity index (χ1) is 13.4. The number of benzene rings is 2. The lowest BCUT2D eigenvalue weighted by atomic mass is 9.94. The number of anilines is 1. The van der Waals surface area contributed by atoms with Crippen LogP contribution in [0.25, 0.3) is 0 Å². The summed E-state index contributed by atoms with van der Waals surface area (Å²) in [4.78, 5) is 4.01. The molecule has 1 aromatic heterocycles. The van der Waals surface area contributed by atoms with E-state index in [-0.39, 0.29) is 35.9 Å². The lowest BCUT2D eigenvalue weighted by molar-refractivity contribution is 0.468. The minimum absolute atomic E-state index is 0.0216. The highest BCUT2D eigenvalue weighted by Crippen LogP contribution is 2.33. The van der Waals surface area contributed by atoms with Crippen LogP contribution in [0.5, 0.6) is 0 Å². The molecule has 0 aliphatic carbocycles. The summed E-state index contributed by atoms with van der Waals surface area (Å²) in [6.45, 7) is 0.530. The summed E-state index contributed by atoms with van der Waals surface area (Å²) in [6.07, 6.45) is 2.96. The van der Waals surface area contributed by atoms with Crippen molar-refractivity contribution in [2.75, 3.05) is 18.4 Å². The Labute approximate surface area is 163 Å². The Morgan fingerprint density at radius 3 is 2.57 bits per heavy atom. The van der Waals surface area contributed by atoms with E-state index in [1.807, 2.05) is 36.4 Å². The van der Waals surface area contributed by atoms with Crippen molar-refractivity contribution in [2.24, 2.45) is 7.05 Å². The molecule has 2 unspecified atom stereocenters. The van der Waals surface area contributed by atoms with E-state index in [4.69, 9.17) is 0 Å². The maximum atomic E-state index is 13.8. The van der Waals surface area contributed by atoms with Crippen LogP contribution in [-0.4, -0.2) is 41.4 Å². The number of sulfonamides is 1. The molecule has 6 nitrogen and oxygen atoms in total. The minimum atomic E-state index is -3.73. The van der Waals surface area contributed by atoms with Gasteiger partial charge in [-0.15, -0.1) is 0 Å². The second-order valence-electron chi connectivity index (χ2n) is 6.98. The summed E-state index contributed by atoms with van der Waals surface area (Å²) >= 11 is 0. The molecular weight excluding hydrogens is 379 g/mol. The average molecular weight is 400 g/mol. The maximum absolute atomic E-state index is 13.8. The lowest BCUT2D eigenvalue weighted by Crippen LogP contribution is -2.32. The SMILES string of the molecule is Cn1cnc(S(=O)(=O)N2CC(Nc3ccccc3)C(c3cccc(F)c3)C2)c1. The topological polar surface area (TPSA) is 67.2 Å². The molecule has 1 fully saturated rings. The second-order valence-corrected chi connectivity index (χ2v) is 8.86. The first-order valence-corrected chi connectivity index (χ1v) is 10.4. The zero-order valence-corrected chi connectivity index (χ0v) is 16.2. The molecule has 1 aliphatic rings. The van der Waals surface area contributed by atoms with Crippen LogP contribution in [0, 0.1) is 5.82 Å². The van der Waals surface area contributed by atoms with Gasteiger partial charge in [-0.25, -0.2) is 17.8 Å². The van der Waals surface area contributed by atoms with E-state index >= 15 is 0 Å². The van der Waals surface area contributed by atoms with Crippen molar-refractivity contribution in [3.8, 4) is 0 Å². The number of nitrogens with one attached hydrogen (secondary N) is 1. The Kier molecular flexibility index (Phi) is 4.91. The number of hydrogen-bond donors (Lipinski definition) is 1. The second kappa shape index (κ2) is 7.37. The van der Waals surface area contributed by atoms with E-state index in [2.05, 4.69) is 10.3 Å². The molecule has 0 amide bonds. The van der Waals surface area contributed by atoms with Crippen molar-refractivity contribution in [3.63, 3.8) is 0 Å². The summed E-state index contributed by atoms with van der Waals surface area (Å²) in [5.74, 6) is -0.517. The van der Waals surface area contributed by atoms with E-state index in [0.717, 1.165) is 11.3 Å². The van der Waals surface area contributed by atoms with Gasteiger partial charge in [0.25, 0.3) is 10.0 Å². The van der Waals surface area contributed by atoms with E-state index in [1.54, 1.807) is 17.7 Å². The molecular formula is C20H21FN4O2S. The average Bonchev–Trinajstić information content (AvgIpc) is 3.30. The van der Waals surface area contributed by atoms with Crippen molar-refractivity contribution < 1.29 is 12.8 Å². The summed E-state index contributed by atoms with van der Waals surface area (Å²) in [7, 11) is -2.00. The molecule has 2 aromatic carbocycles. The molecule has 0 spiro atoms. The first-order valence-electron chi connectivity index (χ1n) is 8.98. The van der Waals surface area contributed by atoms with Crippen molar-refractivity contribution >= 4 is 15.7 Å². The van der Waals surface area contributed by atoms with E-state index in [0.29, 0.717) is 0 Å². The zero-order valence-electron chi connectivity index (χ0n) is 15.4. The molecule has 2 atom stereocenters. The normalized spacial score (nSPS) is 20.4. The molecule has 28 heavy (non-hydrogen) atoms. The minimum Gasteiger partial charge on any atom is -0.380 e. The van der Waals surface area contributed by atoms with Gasteiger partial charge in [-0.05, 0) is 29.8 Å². The van der Waals surface area contributed by atoms with Crippen LogP contribution < -0.4 is 5.32 Å². The number of rotatable bonds is 5. The van der Waals surface area contributed by atoms with Gasteiger partial charge in [-0.3, -0.25) is 0 Å². The van der Waals surface area contributed by atoms with E-state index < -0.39 is 10.0 Å².